The predicted molar refractivity (Wildman–Crippen MR) is 115 cm³/mol. The highest BCUT2D eigenvalue weighted by Gasteiger charge is 2.14. The van der Waals surface area contributed by atoms with Gasteiger partial charge in [-0.15, -0.1) is 0 Å². The van der Waals surface area contributed by atoms with Gasteiger partial charge in [0.05, 0.1) is 0 Å². The molecule has 1 aromatic heterocycles. The van der Waals surface area contributed by atoms with Crippen molar-refractivity contribution in [2.45, 2.75) is 26.2 Å². The zero-order chi connectivity index (χ0) is 21.0. The summed E-state index contributed by atoms with van der Waals surface area (Å²) < 4.78 is 5.86. The summed E-state index contributed by atoms with van der Waals surface area (Å²) in [6.07, 6.45) is 5.78. The van der Waals surface area contributed by atoms with Crippen LogP contribution < -0.4 is 16.2 Å². The Labute approximate surface area is 170 Å². The van der Waals surface area contributed by atoms with Crippen LogP contribution >= 0.6 is 0 Å². The number of hydrogen-bond donors (Lipinski definition) is 1. The lowest BCUT2D eigenvalue weighted by atomic mass is 10.1. The fourth-order valence-corrected chi connectivity index (χ4v) is 3.49. The van der Waals surface area contributed by atoms with Gasteiger partial charge in [0.1, 0.15) is 23.2 Å². The SMILES string of the molecule is C=C(/C=c1/ccc(-c2ccc(/C(C)=C(\C#N)C(N)=O)o2)cc1=C)N1CCCCC1. The fourth-order valence-electron chi connectivity index (χ4n) is 3.49. The second-order valence-corrected chi connectivity index (χ2v) is 7.24. The number of likely N-dealkylation sites (tertiary alicyclic amines) is 1. The van der Waals surface area contributed by atoms with E-state index < -0.39 is 5.91 Å². The van der Waals surface area contributed by atoms with E-state index in [4.69, 9.17) is 15.4 Å². The summed E-state index contributed by atoms with van der Waals surface area (Å²) in [7, 11) is 0. The van der Waals surface area contributed by atoms with Gasteiger partial charge in [-0.3, -0.25) is 4.79 Å². The molecular formula is C24H25N3O2. The maximum atomic E-state index is 11.4. The highest BCUT2D eigenvalue weighted by Crippen LogP contribution is 2.26. The Kier molecular flexibility index (Phi) is 6.04. The molecule has 2 N–H and O–H groups in total. The summed E-state index contributed by atoms with van der Waals surface area (Å²) in [4.78, 5) is 13.7. The molecule has 2 aromatic rings. The summed E-state index contributed by atoms with van der Waals surface area (Å²) in [5.74, 6) is 0.305. The van der Waals surface area contributed by atoms with Gasteiger partial charge in [-0.05, 0) is 60.9 Å². The van der Waals surface area contributed by atoms with Crippen LogP contribution in [-0.2, 0) is 4.79 Å². The third kappa shape index (κ3) is 4.49. The summed E-state index contributed by atoms with van der Waals surface area (Å²) >= 11 is 0. The average molecular weight is 387 g/mol. The summed E-state index contributed by atoms with van der Waals surface area (Å²) in [5.41, 5.74) is 7.44. The number of carbonyl (C=O) groups excluding carboxylic acids is 1. The van der Waals surface area contributed by atoms with E-state index in [1.165, 1.54) is 19.3 Å². The lowest BCUT2D eigenvalue weighted by molar-refractivity contribution is -0.114. The van der Waals surface area contributed by atoms with Crippen molar-refractivity contribution in [3.05, 3.63) is 64.4 Å². The van der Waals surface area contributed by atoms with Crippen LogP contribution in [0.1, 0.15) is 31.9 Å². The van der Waals surface area contributed by atoms with E-state index >= 15 is 0 Å². The van der Waals surface area contributed by atoms with Crippen molar-refractivity contribution >= 4 is 24.1 Å². The van der Waals surface area contributed by atoms with Crippen molar-refractivity contribution < 1.29 is 9.21 Å². The molecule has 0 saturated carbocycles. The number of carbonyl (C=O) groups is 1. The molecule has 1 saturated heterocycles. The van der Waals surface area contributed by atoms with Gasteiger partial charge in [-0.25, -0.2) is 0 Å². The Morgan fingerprint density at radius 1 is 1.24 bits per heavy atom. The molecule has 0 radical (unpaired) electrons. The van der Waals surface area contributed by atoms with Gasteiger partial charge < -0.3 is 15.1 Å². The van der Waals surface area contributed by atoms with Crippen LogP contribution in [0.4, 0.5) is 0 Å². The first-order valence-corrected chi connectivity index (χ1v) is 9.66. The highest BCUT2D eigenvalue weighted by molar-refractivity contribution is 6.03. The first-order chi connectivity index (χ1) is 13.9. The summed E-state index contributed by atoms with van der Waals surface area (Å²) in [5, 5.41) is 11.0. The Morgan fingerprint density at radius 3 is 2.59 bits per heavy atom. The number of hydrogen-bond acceptors (Lipinski definition) is 4. The normalized spacial score (nSPS) is 15.6. The molecule has 2 heterocycles. The van der Waals surface area contributed by atoms with E-state index in [1.54, 1.807) is 19.1 Å². The Balaban J connectivity index is 1.88. The third-order valence-corrected chi connectivity index (χ3v) is 5.22. The van der Waals surface area contributed by atoms with Gasteiger partial charge in [0.15, 0.2) is 0 Å². The van der Waals surface area contributed by atoms with Gasteiger partial charge >= 0.3 is 0 Å². The van der Waals surface area contributed by atoms with Crippen molar-refractivity contribution in [1.29, 1.82) is 5.26 Å². The van der Waals surface area contributed by atoms with E-state index in [0.717, 1.165) is 34.8 Å². The van der Waals surface area contributed by atoms with Crippen molar-refractivity contribution in [3.63, 3.8) is 0 Å². The van der Waals surface area contributed by atoms with E-state index in [1.807, 2.05) is 24.3 Å². The maximum absolute atomic E-state index is 11.4. The number of benzene rings is 1. The third-order valence-electron chi connectivity index (χ3n) is 5.22. The molecule has 1 fully saturated rings. The number of allylic oxidation sites excluding steroid dienone is 2. The smallest absolute Gasteiger partial charge is 0.259 e. The van der Waals surface area contributed by atoms with Crippen LogP contribution in [0.5, 0.6) is 0 Å². The number of nitriles is 1. The lowest BCUT2D eigenvalue weighted by Crippen LogP contribution is -2.30. The largest absolute Gasteiger partial charge is 0.456 e. The number of primary amides is 1. The second-order valence-electron chi connectivity index (χ2n) is 7.24. The fraction of sp³-hybridized carbons (Fsp3) is 0.250. The zero-order valence-corrected chi connectivity index (χ0v) is 16.7. The van der Waals surface area contributed by atoms with E-state index in [-0.39, 0.29) is 5.57 Å². The number of nitrogens with two attached hydrogens (primary N) is 1. The second kappa shape index (κ2) is 8.66. The van der Waals surface area contributed by atoms with Crippen LogP contribution in [0.15, 0.2) is 52.6 Å². The summed E-state index contributed by atoms with van der Waals surface area (Å²) in [6.45, 7) is 12.1. The first kappa shape index (κ1) is 20.2. The molecule has 1 aliphatic rings. The van der Waals surface area contributed by atoms with Crippen molar-refractivity contribution in [3.8, 4) is 17.4 Å². The predicted octanol–water partition coefficient (Wildman–Crippen LogP) is 2.92. The quantitative estimate of drug-likeness (QED) is 0.632. The molecule has 29 heavy (non-hydrogen) atoms. The van der Waals surface area contributed by atoms with Crippen LogP contribution in [0.25, 0.3) is 29.6 Å². The molecule has 1 aliphatic heterocycles. The number of amides is 1. The minimum Gasteiger partial charge on any atom is -0.456 e. The van der Waals surface area contributed by atoms with Gasteiger partial charge in [0, 0.05) is 29.9 Å². The molecule has 0 unspecified atom stereocenters. The van der Waals surface area contributed by atoms with Crippen LogP contribution in [0.3, 0.4) is 0 Å². The molecular weight excluding hydrogens is 362 g/mol. The topological polar surface area (TPSA) is 83.3 Å². The van der Waals surface area contributed by atoms with Gasteiger partial charge in [-0.1, -0.05) is 25.3 Å². The Bertz CT molecular complexity index is 1130. The first-order valence-electron chi connectivity index (χ1n) is 9.66. The summed E-state index contributed by atoms with van der Waals surface area (Å²) in [6, 6.07) is 11.3. The molecule has 5 heteroatoms. The van der Waals surface area contributed by atoms with Crippen molar-refractivity contribution in [1.82, 2.24) is 4.90 Å². The molecule has 3 rings (SSSR count). The Morgan fingerprint density at radius 2 is 1.97 bits per heavy atom. The van der Waals surface area contributed by atoms with Crippen molar-refractivity contribution in [2.75, 3.05) is 13.1 Å². The standard InChI is InChI=1S/C24H25N3O2/c1-16-13-20(8-7-19(16)14-17(2)27-11-5-4-6-12-27)23-10-9-22(29-23)18(3)21(15-25)24(26)28/h7-10,13-14H,1-2,4-6,11-12H2,3H3,(H2,26,28)/b19-14-,21-18+. The van der Waals surface area contributed by atoms with Gasteiger partial charge in [0.2, 0.25) is 0 Å². The number of piperidine rings is 1. The Hall–Kier alpha value is -3.52. The van der Waals surface area contributed by atoms with Gasteiger partial charge in [-0.2, -0.15) is 5.26 Å². The van der Waals surface area contributed by atoms with Crippen LogP contribution in [0, 0.1) is 11.3 Å². The molecule has 1 aromatic carbocycles. The maximum Gasteiger partial charge on any atom is 0.259 e. The van der Waals surface area contributed by atoms with E-state index in [0.29, 0.717) is 17.1 Å². The van der Waals surface area contributed by atoms with Gasteiger partial charge in [0.25, 0.3) is 5.91 Å². The number of furan rings is 1. The zero-order valence-electron chi connectivity index (χ0n) is 16.7. The van der Waals surface area contributed by atoms with E-state index in [9.17, 15) is 4.79 Å². The van der Waals surface area contributed by atoms with Crippen LogP contribution in [-0.4, -0.2) is 23.9 Å². The molecule has 1 amide bonds. The highest BCUT2D eigenvalue weighted by atomic mass is 16.3. The molecule has 0 spiro atoms. The monoisotopic (exact) mass is 387 g/mol. The minimum atomic E-state index is -0.767. The van der Waals surface area contributed by atoms with E-state index in [2.05, 4.69) is 24.1 Å². The molecule has 0 bridgehead atoms. The lowest BCUT2D eigenvalue weighted by Gasteiger charge is -2.29. The molecule has 0 aliphatic carbocycles. The molecule has 0 atom stereocenters. The minimum absolute atomic E-state index is 0.107. The van der Waals surface area contributed by atoms with Crippen LogP contribution in [0.2, 0.25) is 0 Å². The average Bonchev–Trinajstić information content (AvgIpc) is 3.20. The molecule has 148 valence electrons. The molecule has 5 nitrogen and oxygen atoms in total. The van der Waals surface area contributed by atoms with Crippen molar-refractivity contribution in [2.24, 2.45) is 5.73 Å². The number of rotatable bonds is 5. The number of nitrogens with zero attached hydrogens (tertiary/aromatic N) is 2.